The molecule has 1 aliphatic heterocycles. The number of aromatic hydroxyl groups is 1. The number of carboxylic acids is 1. The average molecular weight is 307 g/mol. The molecule has 0 radical (unpaired) electrons. The minimum Gasteiger partial charge on any atom is -0.508 e. The van der Waals surface area contributed by atoms with Gasteiger partial charge in [-0.2, -0.15) is 0 Å². The van der Waals surface area contributed by atoms with Crippen molar-refractivity contribution in [2.75, 3.05) is 0 Å². The fourth-order valence-corrected chi connectivity index (χ4v) is 2.29. The van der Waals surface area contributed by atoms with Crippen LogP contribution in [-0.2, 0) is 20.5 Å². The zero-order valence-corrected chi connectivity index (χ0v) is 13.3. The molecule has 0 aliphatic carbocycles. The molecule has 1 aromatic carbocycles. The minimum atomic E-state index is -1.09. The molecule has 1 aliphatic rings. The number of hydrogen-bond acceptors (Lipinski definition) is 5. The Balaban J connectivity index is 2.34. The summed E-state index contributed by atoms with van der Waals surface area (Å²) in [7, 11) is -0.624. The predicted molar refractivity (Wildman–Crippen MR) is 83.1 cm³/mol. The number of nitrogens with two attached hydrogens (primary N) is 1. The van der Waals surface area contributed by atoms with Gasteiger partial charge in [-0.25, -0.2) is 0 Å². The summed E-state index contributed by atoms with van der Waals surface area (Å²) in [6.07, 6.45) is 0.0865. The van der Waals surface area contributed by atoms with Gasteiger partial charge in [0.05, 0.1) is 11.2 Å². The summed E-state index contributed by atoms with van der Waals surface area (Å²) in [5.74, 6) is -1.05. The monoisotopic (exact) mass is 307 g/mol. The van der Waals surface area contributed by atoms with E-state index < -0.39 is 30.3 Å². The van der Waals surface area contributed by atoms with E-state index in [9.17, 15) is 9.90 Å². The molecule has 0 unspecified atom stereocenters. The van der Waals surface area contributed by atoms with Gasteiger partial charge in [0, 0.05) is 0 Å². The molecule has 0 spiro atoms. The molecule has 2 rings (SSSR count). The summed E-state index contributed by atoms with van der Waals surface area (Å²) < 4.78 is 12.0. The van der Waals surface area contributed by atoms with Crippen LogP contribution in [0.5, 0.6) is 5.75 Å². The van der Waals surface area contributed by atoms with E-state index in [0.29, 0.717) is 11.0 Å². The Labute approximate surface area is 130 Å². The molecule has 1 fully saturated rings. The third kappa shape index (κ3) is 3.11. The molecule has 0 aromatic heterocycles. The molecular formula is C15H22BNO5. The molecule has 7 heteroatoms. The van der Waals surface area contributed by atoms with E-state index in [1.807, 2.05) is 27.7 Å². The van der Waals surface area contributed by atoms with Crippen LogP contribution in [-0.4, -0.2) is 40.5 Å². The highest BCUT2D eigenvalue weighted by Crippen LogP contribution is 2.36. The lowest BCUT2D eigenvalue weighted by atomic mass is 9.74. The number of carbonyl (C=O) groups is 1. The van der Waals surface area contributed by atoms with Gasteiger partial charge in [-0.1, -0.05) is 6.07 Å². The lowest BCUT2D eigenvalue weighted by Crippen LogP contribution is -2.41. The van der Waals surface area contributed by atoms with Crippen LogP contribution in [0.4, 0.5) is 0 Å². The van der Waals surface area contributed by atoms with Crippen molar-refractivity contribution < 1.29 is 24.3 Å². The summed E-state index contributed by atoms with van der Waals surface area (Å²) >= 11 is 0. The second kappa shape index (κ2) is 5.57. The van der Waals surface area contributed by atoms with Crippen molar-refractivity contribution in [2.24, 2.45) is 5.73 Å². The van der Waals surface area contributed by atoms with Gasteiger partial charge in [0.15, 0.2) is 0 Å². The van der Waals surface area contributed by atoms with E-state index in [1.54, 1.807) is 6.07 Å². The van der Waals surface area contributed by atoms with Gasteiger partial charge in [-0.05, 0) is 57.3 Å². The van der Waals surface area contributed by atoms with Gasteiger partial charge in [0.25, 0.3) is 0 Å². The van der Waals surface area contributed by atoms with Crippen LogP contribution in [0.1, 0.15) is 33.3 Å². The number of phenols is 1. The second-order valence-electron chi connectivity index (χ2n) is 6.62. The van der Waals surface area contributed by atoms with E-state index in [-0.39, 0.29) is 12.2 Å². The summed E-state index contributed by atoms with van der Waals surface area (Å²) in [4.78, 5) is 11.0. The normalized spacial score (nSPS) is 20.9. The SMILES string of the molecule is CC1(C)OB(c2ccc(O)cc2C[C@H](N)C(=O)O)OC1(C)C. The summed E-state index contributed by atoms with van der Waals surface area (Å²) in [6.45, 7) is 7.76. The number of hydrogen-bond donors (Lipinski definition) is 3. The Morgan fingerprint density at radius 1 is 1.27 bits per heavy atom. The molecule has 120 valence electrons. The van der Waals surface area contributed by atoms with Crippen molar-refractivity contribution in [3.8, 4) is 5.75 Å². The zero-order valence-electron chi connectivity index (χ0n) is 13.3. The summed E-state index contributed by atoms with van der Waals surface area (Å²) in [5, 5.41) is 18.7. The molecule has 1 heterocycles. The van der Waals surface area contributed by atoms with Crippen LogP contribution in [0.15, 0.2) is 18.2 Å². The largest absolute Gasteiger partial charge is 0.508 e. The number of rotatable bonds is 4. The topological polar surface area (TPSA) is 102 Å². The second-order valence-corrected chi connectivity index (χ2v) is 6.62. The van der Waals surface area contributed by atoms with Crippen LogP contribution < -0.4 is 11.2 Å². The number of carboxylic acid groups (broad SMARTS) is 1. The fourth-order valence-electron chi connectivity index (χ4n) is 2.29. The Morgan fingerprint density at radius 2 is 1.82 bits per heavy atom. The van der Waals surface area contributed by atoms with Gasteiger partial charge in [-0.3, -0.25) is 4.79 Å². The molecule has 1 atom stereocenters. The molecule has 6 nitrogen and oxygen atoms in total. The van der Waals surface area contributed by atoms with Crippen molar-refractivity contribution in [3.63, 3.8) is 0 Å². The van der Waals surface area contributed by atoms with Crippen molar-refractivity contribution in [1.82, 2.24) is 0 Å². The van der Waals surface area contributed by atoms with Gasteiger partial charge in [0.1, 0.15) is 11.8 Å². The Hall–Kier alpha value is -1.57. The first-order chi connectivity index (χ1) is 10.0. The summed E-state index contributed by atoms with van der Waals surface area (Å²) in [5.41, 5.74) is 5.91. The minimum absolute atomic E-state index is 0.0489. The first-order valence-electron chi connectivity index (χ1n) is 7.19. The molecule has 0 amide bonds. The maximum Gasteiger partial charge on any atom is 0.495 e. The predicted octanol–water partition coefficient (Wildman–Crippen LogP) is 0.646. The number of phenolic OH excluding ortho intramolecular Hbond substituents is 1. The highest BCUT2D eigenvalue weighted by molar-refractivity contribution is 6.62. The van der Waals surface area contributed by atoms with Crippen molar-refractivity contribution in [2.45, 2.75) is 51.4 Å². The molecular weight excluding hydrogens is 285 g/mol. The van der Waals surface area contributed by atoms with Gasteiger partial charge >= 0.3 is 13.1 Å². The maximum absolute atomic E-state index is 11.0. The highest BCUT2D eigenvalue weighted by Gasteiger charge is 2.52. The van der Waals surface area contributed by atoms with Crippen molar-refractivity contribution in [3.05, 3.63) is 23.8 Å². The molecule has 4 N–H and O–H groups in total. The fraction of sp³-hybridized carbons (Fsp3) is 0.533. The third-order valence-electron chi connectivity index (χ3n) is 4.39. The maximum atomic E-state index is 11.0. The average Bonchev–Trinajstić information content (AvgIpc) is 2.58. The standard InChI is InChI=1S/C15H22BNO5/c1-14(2)15(3,4)22-16(21-14)11-6-5-10(18)7-9(11)8-12(17)13(19)20/h5-7,12,18H,8,17H2,1-4H3,(H,19,20)/t12-/m0/s1. The lowest BCUT2D eigenvalue weighted by Gasteiger charge is -2.32. The molecule has 0 bridgehead atoms. The smallest absolute Gasteiger partial charge is 0.495 e. The van der Waals surface area contributed by atoms with Crippen molar-refractivity contribution >= 4 is 18.6 Å². The van der Waals surface area contributed by atoms with Crippen LogP contribution in [0.2, 0.25) is 0 Å². The first kappa shape index (κ1) is 16.8. The Kier molecular flexibility index (Phi) is 4.25. The third-order valence-corrected chi connectivity index (χ3v) is 4.39. The van der Waals surface area contributed by atoms with E-state index in [1.165, 1.54) is 12.1 Å². The van der Waals surface area contributed by atoms with Gasteiger partial charge in [0.2, 0.25) is 0 Å². The summed E-state index contributed by atoms with van der Waals surface area (Å²) in [6, 6.07) is 3.66. The quantitative estimate of drug-likeness (QED) is 0.706. The van der Waals surface area contributed by atoms with E-state index in [0.717, 1.165) is 0 Å². The highest BCUT2D eigenvalue weighted by atomic mass is 16.7. The van der Waals surface area contributed by atoms with Crippen LogP contribution in [0.3, 0.4) is 0 Å². The lowest BCUT2D eigenvalue weighted by molar-refractivity contribution is -0.138. The van der Waals surface area contributed by atoms with Gasteiger partial charge in [-0.15, -0.1) is 0 Å². The number of benzene rings is 1. The zero-order chi connectivity index (χ0) is 16.7. The molecule has 22 heavy (non-hydrogen) atoms. The van der Waals surface area contributed by atoms with Crippen LogP contribution >= 0.6 is 0 Å². The van der Waals surface area contributed by atoms with Crippen LogP contribution in [0.25, 0.3) is 0 Å². The Morgan fingerprint density at radius 3 is 2.32 bits per heavy atom. The Bertz CT molecular complexity index is 571. The van der Waals surface area contributed by atoms with E-state index in [2.05, 4.69) is 0 Å². The van der Waals surface area contributed by atoms with E-state index in [4.69, 9.17) is 20.1 Å². The van der Waals surface area contributed by atoms with Crippen molar-refractivity contribution in [1.29, 1.82) is 0 Å². The molecule has 1 aromatic rings. The van der Waals surface area contributed by atoms with E-state index >= 15 is 0 Å². The van der Waals surface area contributed by atoms with Gasteiger partial charge < -0.3 is 25.3 Å². The first-order valence-corrected chi connectivity index (χ1v) is 7.19. The molecule has 0 saturated carbocycles. The van der Waals surface area contributed by atoms with Crippen LogP contribution in [0, 0.1) is 0 Å². The number of aliphatic carboxylic acids is 1. The molecule has 1 saturated heterocycles.